The molecule has 0 unspecified atom stereocenters. The van der Waals surface area contributed by atoms with Gasteiger partial charge < -0.3 is 4.42 Å². The molecular formula is C15H10Cl2N4O2. The standard InChI is InChI=1S/C15H10Cl2N4O2/c16-10-4-3-9(6-11(10)17)8-18-21-15(22)13-7-12(19-20-13)14-2-1-5-23-14/h1-8H,(H,19,20)(H,21,22). The van der Waals surface area contributed by atoms with E-state index >= 15 is 0 Å². The quantitative estimate of drug-likeness (QED) is 0.556. The first-order valence-corrected chi connectivity index (χ1v) is 7.27. The lowest BCUT2D eigenvalue weighted by Crippen LogP contribution is -2.17. The Morgan fingerprint density at radius 2 is 2.13 bits per heavy atom. The van der Waals surface area contributed by atoms with Gasteiger partial charge in [0.05, 0.1) is 22.5 Å². The van der Waals surface area contributed by atoms with Crippen molar-refractivity contribution in [3.63, 3.8) is 0 Å². The van der Waals surface area contributed by atoms with Gasteiger partial charge in [-0.05, 0) is 29.8 Å². The van der Waals surface area contributed by atoms with E-state index in [4.69, 9.17) is 27.6 Å². The highest BCUT2D eigenvalue weighted by atomic mass is 35.5. The highest BCUT2D eigenvalue weighted by Crippen LogP contribution is 2.21. The molecular weight excluding hydrogens is 339 g/mol. The summed E-state index contributed by atoms with van der Waals surface area (Å²) in [6, 6.07) is 10.1. The number of halogens is 2. The fraction of sp³-hybridized carbons (Fsp3) is 0. The minimum Gasteiger partial charge on any atom is -0.463 e. The predicted molar refractivity (Wildman–Crippen MR) is 87.8 cm³/mol. The van der Waals surface area contributed by atoms with Crippen molar-refractivity contribution >= 4 is 35.3 Å². The number of hydrazone groups is 1. The first kappa shape index (κ1) is 15.3. The first-order chi connectivity index (χ1) is 11.1. The normalized spacial score (nSPS) is 11.0. The van der Waals surface area contributed by atoms with Crippen LogP contribution in [0.2, 0.25) is 10.0 Å². The van der Waals surface area contributed by atoms with Crippen LogP contribution in [0.3, 0.4) is 0 Å². The summed E-state index contributed by atoms with van der Waals surface area (Å²) in [4.78, 5) is 12.0. The maximum Gasteiger partial charge on any atom is 0.291 e. The maximum absolute atomic E-state index is 12.0. The Hall–Kier alpha value is -2.57. The molecule has 6 nitrogen and oxygen atoms in total. The molecule has 23 heavy (non-hydrogen) atoms. The van der Waals surface area contributed by atoms with Crippen LogP contribution in [0.1, 0.15) is 16.1 Å². The molecule has 0 spiro atoms. The van der Waals surface area contributed by atoms with Crippen molar-refractivity contribution < 1.29 is 9.21 Å². The third-order valence-electron chi connectivity index (χ3n) is 2.92. The predicted octanol–water partition coefficient (Wildman–Crippen LogP) is 3.74. The minimum atomic E-state index is -0.449. The van der Waals surface area contributed by atoms with Crippen LogP contribution in [0.4, 0.5) is 0 Å². The van der Waals surface area contributed by atoms with Gasteiger partial charge in [-0.15, -0.1) is 0 Å². The summed E-state index contributed by atoms with van der Waals surface area (Å²) in [7, 11) is 0. The smallest absolute Gasteiger partial charge is 0.291 e. The topological polar surface area (TPSA) is 83.3 Å². The minimum absolute atomic E-state index is 0.197. The maximum atomic E-state index is 12.0. The van der Waals surface area contributed by atoms with Crippen molar-refractivity contribution in [2.75, 3.05) is 0 Å². The molecule has 2 aromatic heterocycles. The monoisotopic (exact) mass is 348 g/mol. The summed E-state index contributed by atoms with van der Waals surface area (Å²) < 4.78 is 5.22. The molecule has 0 fully saturated rings. The Labute approximate surface area is 141 Å². The van der Waals surface area contributed by atoms with Crippen LogP contribution in [0.15, 0.2) is 52.2 Å². The van der Waals surface area contributed by atoms with E-state index in [9.17, 15) is 4.79 Å². The molecule has 1 aromatic carbocycles. The summed E-state index contributed by atoms with van der Waals surface area (Å²) in [6.07, 6.45) is 3.00. The Bertz CT molecular complexity index is 856. The van der Waals surface area contributed by atoms with E-state index in [2.05, 4.69) is 20.7 Å². The van der Waals surface area contributed by atoms with Crippen molar-refractivity contribution in [2.45, 2.75) is 0 Å². The molecule has 3 rings (SSSR count). The highest BCUT2D eigenvalue weighted by molar-refractivity contribution is 6.42. The molecule has 2 N–H and O–H groups in total. The molecule has 8 heteroatoms. The van der Waals surface area contributed by atoms with Gasteiger partial charge in [-0.25, -0.2) is 5.43 Å². The molecule has 0 bridgehead atoms. The van der Waals surface area contributed by atoms with E-state index in [0.717, 1.165) is 0 Å². The number of amides is 1. The van der Waals surface area contributed by atoms with Crippen molar-refractivity contribution in [2.24, 2.45) is 5.10 Å². The summed E-state index contributed by atoms with van der Waals surface area (Å²) in [5.74, 6) is 0.145. The van der Waals surface area contributed by atoms with E-state index in [1.807, 2.05) is 0 Å². The van der Waals surface area contributed by atoms with Crippen molar-refractivity contribution in [1.82, 2.24) is 15.6 Å². The van der Waals surface area contributed by atoms with Crippen molar-refractivity contribution in [1.29, 1.82) is 0 Å². The molecule has 0 atom stereocenters. The van der Waals surface area contributed by atoms with Gasteiger partial charge in [0.1, 0.15) is 5.69 Å². The SMILES string of the molecule is O=C(NN=Cc1ccc(Cl)c(Cl)c1)c1cc(-c2ccco2)[nH]n1. The van der Waals surface area contributed by atoms with Gasteiger partial charge in [0.25, 0.3) is 5.91 Å². The molecule has 0 saturated heterocycles. The number of nitrogens with one attached hydrogen (secondary N) is 2. The number of carbonyl (C=O) groups excluding carboxylic acids is 1. The zero-order valence-corrected chi connectivity index (χ0v) is 13.1. The zero-order valence-electron chi connectivity index (χ0n) is 11.6. The number of hydrogen-bond acceptors (Lipinski definition) is 4. The lowest BCUT2D eigenvalue weighted by Gasteiger charge is -1.98. The van der Waals surface area contributed by atoms with Gasteiger partial charge in [-0.3, -0.25) is 9.89 Å². The number of nitrogens with zero attached hydrogens (tertiary/aromatic N) is 2. The second-order valence-electron chi connectivity index (χ2n) is 4.52. The number of furan rings is 1. The number of rotatable bonds is 4. The third-order valence-corrected chi connectivity index (χ3v) is 3.66. The van der Waals surface area contributed by atoms with Gasteiger partial charge >= 0.3 is 0 Å². The molecule has 3 aromatic rings. The molecule has 0 aliphatic rings. The van der Waals surface area contributed by atoms with Crippen LogP contribution >= 0.6 is 23.2 Å². The summed E-state index contributed by atoms with van der Waals surface area (Å²) in [6.45, 7) is 0. The van der Waals surface area contributed by atoms with Gasteiger partial charge in [0.15, 0.2) is 11.5 Å². The number of benzene rings is 1. The van der Waals surface area contributed by atoms with Crippen LogP contribution in [0.5, 0.6) is 0 Å². The summed E-state index contributed by atoms with van der Waals surface area (Å²) in [5.41, 5.74) is 3.89. The lowest BCUT2D eigenvalue weighted by atomic mass is 10.2. The van der Waals surface area contributed by atoms with Crippen molar-refractivity contribution in [3.05, 3.63) is 64.0 Å². The summed E-state index contributed by atoms with van der Waals surface area (Å²) in [5, 5.41) is 11.4. The third kappa shape index (κ3) is 3.61. The fourth-order valence-electron chi connectivity index (χ4n) is 1.81. The van der Waals surface area contributed by atoms with Gasteiger partial charge in [0, 0.05) is 6.07 Å². The number of H-pyrrole nitrogens is 1. The van der Waals surface area contributed by atoms with Gasteiger partial charge in [-0.1, -0.05) is 29.3 Å². The largest absolute Gasteiger partial charge is 0.463 e. The number of aromatic amines is 1. The van der Waals surface area contributed by atoms with Crippen LogP contribution in [0.25, 0.3) is 11.5 Å². The van der Waals surface area contributed by atoms with E-state index < -0.39 is 5.91 Å². The van der Waals surface area contributed by atoms with E-state index in [-0.39, 0.29) is 5.69 Å². The molecule has 1 amide bonds. The molecule has 116 valence electrons. The highest BCUT2D eigenvalue weighted by Gasteiger charge is 2.11. The van der Waals surface area contributed by atoms with Crippen LogP contribution in [-0.2, 0) is 0 Å². The molecule has 0 radical (unpaired) electrons. The fourth-order valence-corrected chi connectivity index (χ4v) is 2.12. The Morgan fingerprint density at radius 3 is 2.87 bits per heavy atom. The second-order valence-corrected chi connectivity index (χ2v) is 5.33. The van der Waals surface area contributed by atoms with Gasteiger partial charge in [0.2, 0.25) is 0 Å². The number of aromatic nitrogens is 2. The molecule has 0 saturated carbocycles. The number of hydrogen-bond donors (Lipinski definition) is 2. The van der Waals surface area contributed by atoms with Crippen LogP contribution in [0, 0.1) is 0 Å². The van der Waals surface area contributed by atoms with E-state index in [1.165, 1.54) is 12.5 Å². The first-order valence-electron chi connectivity index (χ1n) is 6.51. The number of carbonyl (C=O) groups is 1. The molecule has 0 aliphatic carbocycles. The average molecular weight is 349 g/mol. The zero-order chi connectivity index (χ0) is 16.2. The van der Waals surface area contributed by atoms with Crippen LogP contribution < -0.4 is 5.43 Å². The van der Waals surface area contributed by atoms with Crippen molar-refractivity contribution in [3.8, 4) is 11.5 Å². The van der Waals surface area contributed by atoms with E-state index in [1.54, 1.807) is 36.4 Å². The van der Waals surface area contributed by atoms with Crippen LogP contribution in [-0.4, -0.2) is 22.3 Å². The van der Waals surface area contributed by atoms with Gasteiger partial charge in [-0.2, -0.15) is 10.2 Å². The summed E-state index contributed by atoms with van der Waals surface area (Å²) >= 11 is 11.7. The Morgan fingerprint density at radius 1 is 1.26 bits per heavy atom. The molecule has 2 heterocycles. The second kappa shape index (κ2) is 6.68. The van der Waals surface area contributed by atoms with E-state index in [0.29, 0.717) is 27.1 Å². The average Bonchev–Trinajstić information content (AvgIpc) is 3.20. The molecule has 0 aliphatic heterocycles. The Kier molecular flexibility index (Phi) is 4.45. The lowest BCUT2D eigenvalue weighted by molar-refractivity contribution is 0.0950. The Balaban J connectivity index is 1.65.